The van der Waals surface area contributed by atoms with Gasteiger partial charge in [-0.15, -0.1) is 11.8 Å². The van der Waals surface area contributed by atoms with Gasteiger partial charge < -0.3 is 5.73 Å². The van der Waals surface area contributed by atoms with E-state index in [-0.39, 0.29) is 0 Å². The lowest BCUT2D eigenvalue weighted by molar-refractivity contribution is 1.32. The average Bonchev–Trinajstić information content (AvgIpc) is 1.64. The molecule has 0 aromatic heterocycles. The molecule has 0 aromatic rings. The van der Waals surface area contributed by atoms with E-state index < -0.39 is 0 Å². The Hall–Kier alpha value is 0.110. The highest BCUT2D eigenvalue weighted by Crippen LogP contribution is 2.21. The summed E-state index contributed by atoms with van der Waals surface area (Å²) in [5.74, 6) is 0.926. The first kappa shape index (κ1) is 6.23. The predicted octanol–water partition coefficient (Wildman–Crippen LogP) is 1.81. The van der Waals surface area contributed by atoms with E-state index in [2.05, 4.69) is 15.9 Å². The molecule has 0 aliphatic carbocycles. The Kier molecular flexibility index (Phi) is 2.02. The van der Waals surface area contributed by atoms with Crippen molar-refractivity contribution in [2.75, 3.05) is 5.75 Å². The maximum absolute atomic E-state index is 5.49. The van der Waals surface area contributed by atoms with Gasteiger partial charge in [0.1, 0.15) is 0 Å². The Balaban J connectivity index is 2.69. The number of halogens is 1. The van der Waals surface area contributed by atoms with Crippen molar-refractivity contribution in [3.63, 3.8) is 0 Å². The van der Waals surface area contributed by atoms with Crippen LogP contribution < -0.4 is 5.73 Å². The average molecular weight is 192 g/mol. The summed E-state index contributed by atoms with van der Waals surface area (Å²) < 4.78 is 1.08. The van der Waals surface area contributed by atoms with Gasteiger partial charge in [0.2, 0.25) is 0 Å². The van der Waals surface area contributed by atoms with E-state index in [4.69, 9.17) is 5.73 Å². The second kappa shape index (κ2) is 2.60. The van der Waals surface area contributed by atoms with Gasteiger partial charge in [-0.25, -0.2) is 0 Å². The highest BCUT2D eigenvalue weighted by atomic mass is 79.9. The SMILES string of the molecule is NC1=CC(Br)=CSC1. The van der Waals surface area contributed by atoms with Crippen LogP contribution in [0.15, 0.2) is 21.7 Å². The molecule has 0 saturated carbocycles. The second-order valence-electron chi connectivity index (χ2n) is 1.53. The topological polar surface area (TPSA) is 26.0 Å². The Morgan fingerprint density at radius 1 is 1.75 bits per heavy atom. The fraction of sp³-hybridized carbons (Fsp3) is 0.200. The quantitative estimate of drug-likeness (QED) is 0.633. The van der Waals surface area contributed by atoms with Crippen molar-refractivity contribution < 1.29 is 0 Å². The van der Waals surface area contributed by atoms with Crippen molar-refractivity contribution in [1.29, 1.82) is 0 Å². The highest BCUT2D eigenvalue weighted by Gasteiger charge is 1.97. The van der Waals surface area contributed by atoms with Gasteiger partial charge in [-0.2, -0.15) is 0 Å². The summed E-state index contributed by atoms with van der Waals surface area (Å²) in [7, 11) is 0. The Morgan fingerprint density at radius 2 is 2.50 bits per heavy atom. The van der Waals surface area contributed by atoms with Crippen molar-refractivity contribution in [1.82, 2.24) is 0 Å². The van der Waals surface area contributed by atoms with Gasteiger partial charge in [0.05, 0.1) is 0 Å². The van der Waals surface area contributed by atoms with Gasteiger partial charge in [0, 0.05) is 15.9 Å². The molecule has 1 aliphatic rings. The van der Waals surface area contributed by atoms with E-state index in [1.54, 1.807) is 11.8 Å². The molecule has 0 bridgehead atoms. The van der Waals surface area contributed by atoms with Crippen LogP contribution >= 0.6 is 27.7 Å². The number of rotatable bonds is 0. The summed E-state index contributed by atoms with van der Waals surface area (Å²) in [5, 5.41) is 2.04. The minimum atomic E-state index is 0.926. The molecule has 0 amide bonds. The summed E-state index contributed by atoms with van der Waals surface area (Å²) in [4.78, 5) is 0. The van der Waals surface area contributed by atoms with Gasteiger partial charge in [0.25, 0.3) is 0 Å². The van der Waals surface area contributed by atoms with E-state index in [9.17, 15) is 0 Å². The molecule has 0 unspecified atom stereocenters. The maximum Gasteiger partial charge on any atom is 0.0372 e. The van der Waals surface area contributed by atoms with Gasteiger partial charge in [-0.1, -0.05) is 15.9 Å². The molecule has 8 heavy (non-hydrogen) atoms. The molecular formula is C5H6BrNS. The van der Waals surface area contributed by atoms with Crippen molar-refractivity contribution in [3.8, 4) is 0 Å². The predicted molar refractivity (Wildman–Crippen MR) is 41.7 cm³/mol. The second-order valence-corrected chi connectivity index (χ2v) is 3.31. The van der Waals surface area contributed by atoms with Crippen LogP contribution in [0.3, 0.4) is 0 Å². The summed E-state index contributed by atoms with van der Waals surface area (Å²) >= 11 is 5.02. The lowest BCUT2D eigenvalue weighted by Crippen LogP contribution is -2.01. The number of thioether (sulfide) groups is 1. The van der Waals surface area contributed by atoms with Crippen molar-refractivity contribution in [3.05, 3.63) is 21.7 Å². The molecule has 0 aromatic carbocycles. The highest BCUT2D eigenvalue weighted by molar-refractivity contribution is 9.12. The lowest BCUT2D eigenvalue weighted by atomic mass is 10.4. The standard InChI is InChI=1S/C5H6BrNS/c6-4-1-5(7)3-8-2-4/h1-2H,3,7H2. The van der Waals surface area contributed by atoms with E-state index in [0.29, 0.717) is 0 Å². The molecule has 1 heterocycles. The molecule has 2 N–H and O–H groups in total. The maximum atomic E-state index is 5.49. The fourth-order valence-electron chi connectivity index (χ4n) is 0.470. The minimum Gasteiger partial charge on any atom is -0.401 e. The summed E-state index contributed by atoms with van der Waals surface area (Å²) in [6, 6.07) is 0. The molecule has 0 spiro atoms. The number of nitrogens with two attached hydrogens (primary N) is 1. The van der Waals surface area contributed by atoms with Crippen LogP contribution in [-0.2, 0) is 0 Å². The molecule has 1 rings (SSSR count). The fourth-order valence-corrected chi connectivity index (χ4v) is 1.75. The number of hydrogen-bond acceptors (Lipinski definition) is 2. The Labute approximate surface area is 61.1 Å². The minimum absolute atomic E-state index is 0.926. The first-order valence-electron chi connectivity index (χ1n) is 2.22. The number of allylic oxidation sites excluding steroid dienone is 2. The van der Waals surface area contributed by atoms with Crippen LogP contribution in [0.5, 0.6) is 0 Å². The molecule has 3 heteroatoms. The number of hydrogen-bond donors (Lipinski definition) is 1. The zero-order chi connectivity index (χ0) is 5.98. The monoisotopic (exact) mass is 191 g/mol. The van der Waals surface area contributed by atoms with E-state index >= 15 is 0 Å². The van der Waals surface area contributed by atoms with Crippen LogP contribution in [0.1, 0.15) is 0 Å². The van der Waals surface area contributed by atoms with Crippen LogP contribution in [0, 0.1) is 0 Å². The van der Waals surface area contributed by atoms with Gasteiger partial charge in [0.15, 0.2) is 0 Å². The van der Waals surface area contributed by atoms with Gasteiger partial charge in [-0.05, 0) is 11.5 Å². The van der Waals surface area contributed by atoms with E-state index in [0.717, 1.165) is 15.9 Å². The molecule has 0 radical (unpaired) electrons. The van der Waals surface area contributed by atoms with E-state index in [1.165, 1.54) is 0 Å². The van der Waals surface area contributed by atoms with E-state index in [1.807, 2.05) is 11.5 Å². The van der Waals surface area contributed by atoms with Crippen LogP contribution in [0.4, 0.5) is 0 Å². The van der Waals surface area contributed by atoms with Gasteiger partial charge >= 0.3 is 0 Å². The zero-order valence-corrected chi connectivity index (χ0v) is 6.63. The zero-order valence-electron chi connectivity index (χ0n) is 4.23. The molecule has 0 saturated heterocycles. The van der Waals surface area contributed by atoms with Crippen molar-refractivity contribution in [2.45, 2.75) is 0 Å². The first-order chi connectivity index (χ1) is 3.79. The summed E-state index contributed by atoms with van der Waals surface area (Å²) in [5.41, 5.74) is 6.43. The molecule has 44 valence electrons. The lowest BCUT2D eigenvalue weighted by Gasteiger charge is -2.02. The normalized spacial score (nSPS) is 19.6. The van der Waals surface area contributed by atoms with Crippen molar-refractivity contribution >= 4 is 27.7 Å². The van der Waals surface area contributed by atoms with Crippen LogP contribution in [0.2, 0.25) is 0 Å². The third-order valence-electron chi connectivity index (χ3n) is 0.769. The Bertz CT molecular complexity index is 151. The molecule has 0 atom stereocenters. The smallest absolute Gasteiger partial charge is 0.0372 e. The summed E-state index contributed by atoms with van der Waals surface area (Å²) in [6.45, 7) is 0. The molecular weight excluding hydrogens is 186 g/mol. The van der Waals surface area contributed by atoms with Crippen LogP contribution in [0.25, 0.3) is 0 Å². The van der Waals surface area contributed by atoms with Crippen molar-refractivity contribution in [2.24, 2.45) is 5.73 Å². The largest absolute Gasteiger partial charge is 0.401 e. The summed E-state index contributed by atoms with van der Waals surface area (Å²) in [6.07, 6.45) is 1.93. The molecule has 1 nitrogen and oxygen atoms in total. The van der Waals surface area contributed by atoms with Crippen LogP contribution in [-0.4, -0.2) is 5.75 Å². The molecule has 0 fully saturated rings. The molecule has 1 aliphatic heterocycles. The third kappa shape index (κ3) is 1.56. The third-order valence-corrected chi connectivity index (χ3v) is 2.45. The Morgan fingerprint density at radius 3 is 2.88 bits per heavy atom. The van der Waals surface area contributed by atoms with Gasteiger partial charge in [-0.3, -0.25) is 0 Å². The first-order valence-corrected chi connectivity index (χ1v) is 4.06.